The normalized spacial score (nSPS) is 24.5. The maximum absolute atomic E-state index is 12.6. The van der Waals surface area contributed by atoms with Crippen LogP contribution >= 0.6 is 0 Å². The average Bonchev–Trinajstić information content (AvgIpc) is 2.85. The molecule has 1 atom stereocenters. The number of rotatable bonds is 3. The Bertz CT molecular complexity index is 595. The van der Waals surface area contributed by atoms with E-state index in [1.165, 1.54) is 4.90 Å². The first-order valence-corrected chi connectivity index (χ1v) is 6.25. The molecule has 1 N–H and O–H groups in total. The van der Waals surface area contributed by atoms with Crippen LogP contribution in [-0.4, -0.2) is 28.3 Å². The van der Waals surface area contributed by atoms with Crippen molar-refractivity contribution in [1.82, 2.24) is 0 Å². The van der Waals surface area contributed by atoms with Gasteiger partial charge in [-0.25, -0.2) is 0 Å². The summed E-state index contributed by atoms with van der Waals surface area (Å²) in [5.74, 6) is -1.16. The van der Waals surface area contributed by atoms with Gasteiger partial charge in [0, 0.05) is 18.4 Å². The van der Waals surface area contributed by atoms with E-state index in [1.807, 2.05) is 0 Å². The Balaban J connectivity index is 2.07. The van der Waals surface area contributed by atoms with Gasteiger partial charge in [0.05, 0.1) is 5.69 Å². The van der Waals surface area contributed by atoms with Crippen molar-refractivity contribution in [2.75, 3.05) is 4.90 Å². The second-order valence-electron chi connectivity index (χ2n) is 5.00. The number of carbonyl (C=O) groups excluding carboxylic acids is 2. The van der Waals surface area contributed by atoms with E-state index in [0.29, 0.717) is 24.1 Å². The van der Waals surface area contributed by atoms with Crippen LogP contribution in [0.5, 0.6) is 0 Å². The third kappa shape index (κ3) is 1.51. The molecule has 0 radical (unpaired) electrons. The summed E-state index contributed by atoms with van der Waals surface area (Å²) in [6.45, 7) is 0. The number of hydrogen-bond donors (Lipinski definition) is 1. The number of amides is 1. The predicted octanol–water partition coefficient (Wildman–Crippen LogP) is 1.61. The molecular formula is C14H13NO4. The van der Waals surface area contributed by atoms with E-state index >= 15 is 0 Å². The Morgan fingerprint density at radius 2 is 2.05 bits per heavy atom. The van der Waals surface area contributed by atoms with E-state index < -0.39 is 11.5 Å². The van der Waals surface area contributed by atoms with Crippen LogP contribution in [0.4, 0.5) is 5.69 Å². The van der Waals surface area contributed by atoms with Crippen LogP contribution < -0.4 is 4.90 Å². The highest BCUT2D eigenvalue weighted by molar-refractivity contribution is 6.22. The van der Waals surface area contributed by atoms with Gasteiger partial charge < -0.3 is 5.11 Å². The lowest BCUT2D eigenvalue weighted by atomic mass is 9.86. The molecule has 1 saturated heterocycles. The van der Waals surface area contributed by atoms with Crippen LogP contribution in [0.1, 0.15) is 36.0 Å². The van der Waals surface area contributed by atoms with Crippen LogP contribution in [0.25, 0.3) is 0 Å². The van der Waals surface area contributed by atoms with Gasteiger partial charge in [0.1, 0.15) is 5.54 Å². The number of ketones is 1. The molecule has 1 aromatic rings. The highest BCUT2D eigenvalue weighted by Gasteiger charge is 2.56. The number of benzene rings is 1. The monoisotopic (exact) mass is 259 g/mol. The van der Waals surface area contributed by atoms with Gasteiger partial charge in [0.2, 0.25) is 5.91 Å². The van der Waals surface area contributed by atoms with E-state index in [9.17, 15) is 14.4 Å². The highest BCUT2D eigenvalue weighted by atomic mass is 16.4. The number of nitrogens with zero attached hydrogens (tertiary/aromatic N) is 1. The summed E-state index contributed by atoms with van der Waals surface area (Å²) < 4.78 is 0. The smallest absolute Gasteiger partial charge is 0.303 e. The number of aliphatic carboxylic acids is 1. The minimum Gasteiger partial charge on any atom is -0.481 e. The lowest BCUT2D eigenvalue weighted by Gasteiger charge is -2.30. The number of fused-ring (bicyclic) bond motifs is 3. The van der Waals surface area contributed by atoms with E-state index in [0.717, 1.165) is 0 Å². The van der Waals surface area contributed by atoms with E-state index in [4.69, 9.17) is 5.11 Å². The summed E-state index contributed by atoms with van der Waals surface area (Å²) in [5.41, 5.74) is 0.195. The van der Waals surface area contributed by atoms with Gasteiger partial charge in [-0.2, -0.15) is 0 Å². The standard InChI is InChI=1S/C14H13NO4/c16-11-5-7-14(8-6-12(17)18)13(19)9-3-1-2-4-10(9)15(11)14/h1-4H,5-8H2,(H,17,18). The molecule has 1 aromatic carbocycles. The number of carbonyl (C=O) groups is 3. The number of para-hydroxylation sites is 1. The molecule has 1 unspecified atom stereocenters. The molecule has 3 rings (SSSR count). The zero-order valence-corrected chi connectivity index (χ0v) is 10.3. The Hall–Kier alpha value is -2.17. The van der Waals surface area contributed by atoms with E-state index in [1.54, 1.807) is 24.3 Å². The van der Waals surface area contributed by atoms with Crippen LogP contribution in [-0.2, 0) is 9.59 Å². The van der Waals surface area contributed by atoms with Crippen molar-refractivity contribution in [2.45, 2.75) is 31.2 Å². The molecule has 0 aromatic heterocycles. The quantitative estimate of drug-likeness (QED) is 0.894. The minimum absolute atomic E-state index is 0.0938. The Morgan fingerprint density at radius 3 is 2.79 bits per heavy atom. The van der Waals surface area contributed by atoms with E-state index in [-0.39, 0.29) is 24.5 Å². The molecule has 98 valence electrons. The Kier molecular flexibility index (Phi) is 2.45. The fourth-order valence-corrected chi connectivity index (χ4v) is 3.13. The molecule has 5 nitrogen and oxygen atoms in total. The predicted molar refractivity (Wildman–Crippen MR) is 67.1 cm³/mol. The van der Waals surface area contributed by atoms with Gasteiger partial charge in [-0.3, -0.25) is 19.3 Å². The first-order valence-electron chi connectivity index (χ1n) is 6.25. The zero-order chi connectivity index (χ0) is 13.6. The van der Waals surface area contributed by atoms with E-state index in [2.05, 4.69) is 0 Å². The van der Waals surface area contributed by atoms with Crippen molar-refractivity contribution in [1.29, 1.82) is 0 Å². The highest BCUT2D eigenvalue weighted by Crippen LogP contribution is 2.47. The van der Waals surface area contributed by atoms with Crippen molar-refractivity contribution in [2.24, 2.45) is 0 Å². The summed E-state index contributed by atoms with van der Waals surface area (Å²) >= 11 is 0. The molecule has 0 saturated carbocycles. The zero-order valence-electron chi connectivity index (χ0n) is 10.3. The molecule has 19 heavy (non-hydrogen) atoms. The van der Waals surface area contributed by atoms with Crippen LogP contribution in [0.15, 0.2) is 24.3 Å². The maximum Gasteiger partial charge on any atom is 0.303 e. The molecule has 5 heteroatoms. The topological polar surface area (TPSA) is 74.7 Å². The summed E-state index contributed by atoms with van der Waals surface area (Å²) in [6.07, 6.45) is 0.789. The second-order valence-corrected chi connectivity index (χ2v) is 5.00. The van der Waals surface area contributed by atoms with Gasteiger partial charge in [-0.05, 0) is 25.0 Å². The van der Waals surface area contributed by atoms with Crippen molar-refractivity contribution in [3.63, 3.8) is 0 Å². The molecule has 2 aliphatic rings. The fourth-order valence-electron chi connectivity index (χ4n) is 3.13. The number of hydrogen-bond acceptors (Lipinski definition) is 3. The molecular weight excluding hydrogens is 246 g/mol. The van der Waals surface area contributed by atoms with Gasteiger partial charge in [-0.1, -0.05) is 12.1 Å². The summed E-state index contributed by atoms with van der Waals surface area (Å²) in [7, 11) is 0. The van der Waals surface area contributed by atoms with Gasteiger partial charge in [0.15, 0.2) is 5.78 Å². The molecule has 1 amide bonds. The number of Topliss-reactive ketones (excluding diaryl/α,β-unsaturated/α-hetero) is 1. The summed E-state index contributed by atoms with van der Waals surface area (Å²) in [4.78, 5) is 36.9. The van der Waals surface area contributed by atoms with Gasteiger partial charge in [-0.15, -0.1) is 0 Å². The molecule has 2 heterocycles. The molecule has 0 spiro atoms. The number of carboxylic acids is 1. The lowest BCUT2D eigenvalue weighted by Crippen LogP contribution is -2.47. The maximum atomic E-state index is 12.6. The number of anilines is 1. The third-order valence-corrected chi connectivity index (χ3v) is 3.99. The van der Waals surface area contributed by atoms with Gasteiger partial charge in [0.25, 0.3) is 0 Å². The molecule has 1 fully saturated rings. The third-order valence-electron chi connectivity index (χ3n) is 3.99. The first kappa shape index (κ1) is 11.9. The van der Waals surface area contributed by atoms with Crippen molar-refractivity contribution >= 4 is 23.3 Å². The minimum atomic E-state index is -0.959. The largest absolute Gasteiger partial charge is 0.481 e. The SMILES string of the molecule is O=C(O)CCC12CCC(=O)N1c1ccccc1C2=O. The fraction of sp³-hybridized carbons (Fsp3) is 0.357. The summed E-state index contributed by atoms with van der Waals surface area (Å²) in [5, 5.41) is 8.84. The van der Waals surface area contributed by atoms with Crippen LogP contribution in [0, 0.1) is 0 Å². The molecule has 2 aliphatic heterocycles. The van der Waals surface area contributed by atoms with Crippen LogP contribution in [0.2, 0.25) is 0 Å². The Labute approximate surface area is 109 Å². The Morgan fingerprint density at radius 1 is 1.32 bits per heavy atom. The second kappa shape index (κ2) is 3.91. The molecule has 0 aliphatic carbocycles. The lowest BCUT2D eigenvalue weighted by molar-refractivity contribution is -0.137. The van der Waals surface area contributed by atoms with Crippen molar-refractivity contribution < 1.29 is 19.5 Å². The molecule has 0 bridgehead atoms. The average molecular weight is 259 g/mol. The van der Waals surface area contributed by atoms with Crippen molar-refractivity contribution in [3.8, 4) is 0 Å². The summed E-state index contributed by atoms with van der Waals surface area (Å²) in [6, 6.07) is 6.99. The van der Waals surface area contributed by atoms with Crippen molar-refractivity contribution in [3.05, 3.63) is 29.8 Å². The number of carboxylic acid groups (broad SMARTS) is 1. The first-order chi connectivity index (χ1) is 9.06. The van der Waals surface area contributed by atoms with Crippen LogP contribution in [0.3, 0.4) is 0 Å². The van der Waals surface area contributed by atoms with Gasteiger partial charge >= 0.3 is 5.97 Å².